The Kier molecular flexibility index (Phi) is 6.64. The molecule has 0 unspecified atom stereocenters. The second kappa shape index (κ2) is 8.54. The molecular weight excluding hydrogens is 332 g/mol. The van der Waals surface area contributed by atoms with Crippen molar-refractivity contribution in [3.05, 3.63) is 35.4 Å². The molecule has 1 saturated heterocycles. The van der Waals surface area contributed by atoms with Crippen LogP contribution in [-0.2, 0) is 11.3 Å². The van der Waals surface area contributed by atoms with Crippen LogP contribution in [0, 0.1) is 0 Å². The van der Waals surface area contributed by atoms with Gasteiger partial charge in [-0.15, -0.1) is 0 Å². The fourth-order valence-corrected chi connectivity index (χ4v) is 3.27. The number of hydrogen-bond acceptors (Lipinski definition) is 4. The van der Waals surface area contributed by atoms with Gasteiger partial charge in [-0.3, -0.25) is 4.90 Å². The molecule has 0 aliphatic carbocycles. The highest BCUT2D eigenvalue weighted by atomic mass is 16.6. The van der Waals surface area contributed by atoms with Gasteiger partial charge in [0.25, 0.3) is 0 Å². The van der Waals surface area contributed by atoms with Gasteiger partial charge in [0.15, 0.2) is 0 Å². The Balaban J connectivity index is 2.03. The molecule has 1 amide bonds. The smallest absolute Gasteiger partial charge is 0.410 e. The van der Waals surface area contributed by atoms with Crippen molar-refractivity contribution in [2.24, 2.45) is 0 Å². The van der Waals surface area contributed by atoms with Gasteiger partial charge in [0, 0.05) is 32.2 Å². The maximum atomic E-state index is 12.5. The van der Waals surface area contributed by atoms with E-state index in [4.69, 9.17) is 9.84 Å². The van der Waals surface area contributed by atoms with Crippen LogP contribution in [0.2, 0.25) is 0 Å². The summed E-state index contributed by atoms with van der Waals surface area (Å²) >= 11 is 0. The molecule has 1 atom stereocenters. The van der Waals surface area contributed by atoms with Crippen molar-refractivity contribution in [3.63, 3.8) is 0 Å². The van der Waals surface area contributed by atoms with Crippen LogP contribution in [0.1, 0.15) is 56.5 Å². The van der Waals surface area contributed by atoms with Crippen LogP contribution in [0.5, 0.6) is 0 Å². The van der Waals surface area contributed by atoms with Gasteiger partial charge in [-0.1, -0.05) is 25.5 Å². The Morgan fingerprint density at radius 3 is 2.62 bits per heavy atom. The fourth-order valence-electron chi connectivity index (χ4n) is 3.27. The summed E-state index contributed by atoms with van der Waals surface area (Å²) in [5.74, 6) is -0.912. The molecule has 0 bridgehead atoms. The number of piperazine rings is 1. The molecule has 144 valence electrons. The number of amides is 1. The highest BCUT2D eigenvalue weighted by Gasteiger charge is 2.32. The van der Waals surface area contributed by atoms with Crippen molar-refractivity contribution >= 4 is 12.1 Å². The molecule has 0 saturated carbocycles. The van der Waals surface area contributed by atoms with Crippen LogP contribution in [0.3, 0.4) is 0 Å². The Morgan fingerprint density at radius 2 is 2.00 bits per heavy atom. The van der Waals surface area contributed by atoms with E-state index in [0.29, 0.717) is 18.7 Å². The lowest BCUT2D eigenvalue weighted by atomic mass is 10.1. The number of aromatic carboxylic acids is 1. The summed E-state index contributed by atoms with van der Waals surface area (Å²) in [6.45, 7) is 10.6. The molecule has 0 aromatic heterocycles. The molecule has 1 aromatic carbocycles. The summed E-state index contributed by atoms with van der Waals surface area (Å²) in [6, 6.07) is 7.16. The Morgan fingerprint density at radius 1 is 1.27 bits per heavy atom. The second-order valence-corrected chi connectivity index (χ2v) is 7.86. The van der Waals surface area contributed by atoms with E-state index in [9.17, 15) is 9.59 Å². The zero-order valence-electron chi connectivity index (χ0n) is 16.2. The van der Waals surface area contributed by atoms with Crippen molar-refractivity contribution in [2.75, 3.05) is 19.6 Å². The Bertz CT molecular complexity index is 639. The quantitative estimate of drug-likeness (QED) is 0.866. The number of carbonyl (C=O) groups is 2. The van der Waals surface area contributed by atoms with Crippen molar-refractivity contribution in [2.45, 2.75) is 58.7 Å². The average molecular weight is 362 g/mol. The molecule has 1 N–H and O–H groups in total. The van der Waals surface area contributed by atoms with E-state index in [1.807, 2.05) is 31.7 Å². The lowest BCUT2D eigenvalue weighted by molar-refractivity contribution is -0.00389. The largest absolute Gasteiger partial charge is 0.478 e. The summed E-state index contributed by atoms with van der Waals surface area (Å²) in [4.78, 5) is 27.8. The predicted molar refractivity (Wildman–Crippen MR) is 100 cm³/mol. The summed E-state index contributed by atoms with van der Waals surface area (Å²) < 4.78 is 5.55. The van der Waals surface area contributed by atoms with Crippen molar-refractivity contribution in [1.29, 1.82) is 0 Å². The predicted octanol–water partition coefficient (Wildman–Crippen LogP) is 3.61. The summed E-state index contributed by atoms with van der Waals surface area (Å²) in [5.41, 5.74) is 0.785. The number of benzene rings is 1. The van der Waals surface area contributed by atoms with E-state index < -0.39 is 11.6 Å². The van der Waals surface area contributed by atoms with Gasteiger partial charge < -0.3 is 14.7 Å². The molecule has 6 nitrogen and oxygen atoms in total. The van der Waals surface area contributed by atoms with Crippen LogP contribution >= 0.6 is 0 Å². The van der Waals surface area contributed by atoms with Gasteiger partial charge in [0.1, 0.15) is 5.60 Å². The minimum absolute atomic E-state index is 0.117. The van der Waals surface area contributed by atoms with Crippen molar-refractivity contribution in [1.82, 2.24) is 9.80 Å². The van der Waals surface area contributed by atoms with Crippen LogP contribution in [0.4, 0.5) is 4.79 Å². The third kappa shape index (κ3) is 5.73. The highest BCUT2D eigenvalue weighted by Crippen LogP contribution is 2.20. The van der Waals surface area contributed by atoms with E-state index in [0.717, 1.165) is 31.5 Å². The summed E-state index contributed by atoms with van der Waals surface area (Å²) in [7, 11) is 0. The molecule has 1 heterocycles. The second-order valence-electron chi connectivity index (χ2n) is 7.86. The van der Waals surface area contributed by atoms with Gasteiger partial charge in [0.05, 0.1) is 5.56 Å². The van der Waals surface area contributed by atoms with E-state index in [1.165, 1.54) is 0 Å². The molecule has 6 heteroatoms. The van der Waals surface area contributed by atoms with Gasteiger partial charge in [-0.05, 0) is 44.9 Å². The van der Waals surface area contributed by atoms with Crippen LogP contribution in [0.15, 0.2) is 24.3 Å². The number of carbonyl (C=O) groups excluding carboxylic acids is 1. The number of ether oxygens (including phenoxy) is 1. The SMILES string of the molecule is CCC[C@@H]1CN(Cc2cccc(C(=O)O)c2)CCN1C(=O)OC(C)(C)C. The molecule has 2 rings (SSSR count). The van der Waals surface area contributed by atoms with Crippen LogP contribution in [0.25, 0.3) is 0 Å². The maximum Gasteiger partial charge on any atom is 0.410 e. The molecule has 1 aromatic rings. The van der Waals surface area contributed by atoms with Crippen molar-refractivity contribution < 1.29 is 19.4 Å². The topological polar surface area (TPSA) is 70.1 Å². The van der Waals surface area contributed by atoms with E-state index >= 15 is 0 Å². The zero-order valence-corrected chi connectivity index (χ0v) is 16.2. The summed E-state index contributed by atoms with van der Waals surface area (Å²) in [6.07, 6.45) is 1.67. The molecule has 1 aliphatic heterocycles. The molecule has 1 aliphatic rings. The lowest BCUT2D eigenvalue weighted by Gasteiger charge is -2.41. The normalized spacial score (nSPS) is 18.6. The summed E-state index contributed by atoms with van der Waals surface area (Å²) in [5, 5.41) is 9.14. The number of rotatable bonds is 5. The zero-order chi connectivity index (χ0) is 19.3. The first-order chi connectivity index (χ1) is 12.2. The number of nitrogens with zero attached hydrogens (tertiary/aromatic N) is 2. The molecule has 1 fully saturated rings. The maximum absolute atomic E-state index is 12.5. The average Bonchev–Trinajstić information content (AvgIpc) is 2.54. The molecular formula is C20H30N2O4. The first kappa shape index (κ1) is 20.2. The highest BCUT2D eigenvalue weighted by molar-refractivity contribution is 5.87. The molecule has 0 spiro atoms. The lowest BCUT2D eigenvalue weighted by Crippen LogP contribution is -2.55. The molecule has 0 radical (unpaired) electrons. The van der Waals surface area contributed by atoms with Gasteiger partial charge in [-0.2, -0.15) is 0 Å². The van der Waals surface area contributed by atoms with Crippen molar-refractivity contribution in [3.8, 4) is 0 Å². The van der Waals surface area contributed by atoms with E-state index in [1.54, 1.807) is 18.2 Å². The van der Waals surface area contributed by atoms with Crippen LogP contribution in [-0.4, -0.2) is 58.2 Å². The third-order valence-corrected chi connectivity index (χ3v) is 4.40. The number of carboxylic acid groups (broad SMARTS) is 1. The van der Waals surface area contributed by atoms with Crippen LogP contribution < -0.4 is 0 Å². The van der Waals surface area contributed by atoms with Gasteiger partial charge >= 0.3 is 12.1 Å². The molecule has 26 heavy (non-hydrogen) atoms. The van der Waals surface area contributed by atoms with Gasteiger partial charge in [0.2, 0.25) is 0 Å². The number of hydrogen-bond donors (Lipinski definition) is 1. The minimum atomic E-state index is -0.912. The monoisotopic (exact) mass is 362 g/mol. The van der Waals surface area contributed by atoms with E-state index in [2.05, 4.69) is 11.8 Å². The Labute approximate surface area is 155 Å². The third-order valence-electron chi connectivity index (χ3n) is 4.40. The van der Waals surface area contributed by atoms with E-state index in [-0.39, 0.29) is 12.1 Å². The minimum Gasteiger partial charge on any atom is -0.478 e. The Hall–Kier alpha value is -2.08. The van der Waals surface area contributed by atoms with Gasteiger partial charge in [-0.25, -0.2) is 9.59 Å². The fraction of sp³-hybridized carbons (Fsp3) is 0.600. The first-order valence-corrected chi connectivity index (χ1v) is 9.24. The standard InChI is InChI=1S/C20H30N2O4/c1-5-7-17-14-21(10-11-22(17)19(25)26-20(2,3)4)13-15-8-6-9-16(12-15)18(23)24/h6,8-9,12,17H,5,7,10-11,13-14H2,1-4H3,(H,23,24)/t17-/m1/s1. The first-order valence-electron chi connectivity index (χ1n) is 9.24. The number of carboxylic acids is 1.